The van der Waals surface area contributed by atoms with Gasteiger partial charge < -0.3 is 29.9 Å². The van der Waals surface area contributed by atoms with Crippen LogP contribution in [0.15, 0.2) is 98.4 Å². The molecule has 0 bridgehead atoms. The first-order valence-electron chi connectivity index (χ1n) is 20.0. The summed E-state index contributed by atoms with van der Waals surface area (Å²) in [7, 11) is 3.26. The van der Waals surface area contributed by atoms with Crippen molar-refractivity contribution in [2.45, 2.75) is 0 Å². The fraction of sp³-hybridized carbons (Fsp3) is 0.238. The molecule has 2 aliphatic heterocycles. The lowest BCUT2D eigenvalue weighted by Crippen LogP contribution is -2.44. The van der Waals surface area contributed by atoms with E-state index in [0.717, 1.165) is 74.8 Å². The molecule has 0 unspecified atom stereocenters. The smallest absolute Gasteiger partial charge is 0.251 e. The van der Waals surface area contributed by atoms with E-state index in [1.807, 2.05) is 24.3 Å². The quantitative estimate of drug-likeness (QED) is 0.178. The van der Waals surface area contributed by atoms with Crippen LogP contribution in [0.2, 0.25) is 0 Å². The van der Waals surface area contributed by atoms with Crippen molar-refractivity contribution >= 4 is 57.0 Å². The lowest BCUT2D eigenvalue weighted by atomic mass is 10.2. The maximum absolute atomic E-state index is 5.75. The molecule has 0 spiro atoms. The lowest BCUT2D eigenvalue weighted by Gasteiger charge is -2.33. The average Bonchev–Trinajstić information content (AvgIpc) is 3.35. The zero-order valence-electron chi connectivity index (χ0n) is 33.9. The fourth-order valence-corrected chi connectivity index (χ4v) is 7.59. The second-order valence-corrected chi connectivity index (χ2v) is 14.2. The molecule has 8 aromatic heterocycles. The summed E-state index contributed by atoms with van der Waals surface area (Å²) in [6.07, 6.45) is 16.8. The van der Waals surface area contributed by atoms with E-state index in [4.69, 9.17) is 39.4 Å². The summed E-state index contributed by atoms with van der Waals surface area (Å²) in [5.41, 5.74) is 2.66. The summed E-state index contributed by atoms with van der Waals surface area (Å²) in [6, 6.07) is 11.0. The minimum Gasteiger partial charge on any atom is -0.494 e. The Kier molecular flexibility index (Phi) is 10.5. The fourth-order valence-electron chi connectivity index (χ4n) is 7.59. The molecule has 2 fully saturated rings. The van der Waals surface area contributed by atoms with Crippen molar-refractivity contribution in [3.05, 3.63) is 98.4 Å². The van der Waals surface area contributed by atoms with Crippen LogP contribution in [0.3, 0.4) is 0 Å². The van der Waals surface area contributed by atoms with Crippen molar-refractivity contribution in [3.8, 4) is 34.3 Å². The van der Waals surface area contributed by atoms with Crippen LogP contribution in [-0.4, -0.2) is 126 Å². The average molecular weight is 829 g/mol. The summed E-state index contributed by atoms with van der Waals surface area (Å²) in [5, 5.41) is 11.9. The number of rotatable bonds is 11. The summed E-state index contributed by atoms with van der Waals surface area (Å²) >= 11 is 0. The van der Waals surface area contributed by atoms with Crippen molar-refractivity contribution < 1.29 is 9.47 Å². The van der Waals surface area contributed by atoms with Gasteiger partial charge in [0.1, 0.15) is 23.1 Å². The Bertz CT molecular complexity index is 2650. The third-order valence-electron chi connectivity index (χ3n) is 10.5. The molecule has 0 aromatic carbocycles. The van der Waals surface area contributed by atoms with E-state index in [-0.39, 0.29) is 11.9 Å². The first-order valence-corrected chi connectivity index (χ1v) is 20.0. The maximum atomic E-state index is 5.75. The zero-order chi connectivity index (χ0) is 41.8. The highest BCUT2D eigenvalue weighted by Gasteiger charge is 2.30. The van der Waals surface area contributed by atoms with Crippen molar-refractivity contribution in [3.63, 3.8) is 0 Å². The molecule has 0 saturated carbocycles. The van der Waals surface area contributed by atoms with E-state index in [1.165, 1.54) is 0 Å². The number of hydrogen-bond acceptors (Lipinski definition) is 20. The summed E-state index contributed by atoms with van der Waals surface area (Å²) < 4.78 is 11.5. The number of ether oxygens (including phenoxy) is 2. The molecular formula is C42H40N18O2. The van der Waals surface area contributed by atoms with Crippen LogP contribution in [0.25, 0.3) is 44.6 Å². The summed E-state index contributed by atoms with van der Waals surface area (Å²) in [6.45, 7) is 6.35. The van der Waals surface area contributed by atoms with Gasteiger partial charge in [-0.05, 0) is 36.4 Å². The standard InChI is InChI=1S/C42H40N18O2/c1-61-31-25-45-23-29-35(31)39(57-17-13-43-14-18-57)55-37(53-29)27-5-11-47-33(21-27)59(41-49-7-3-8-50-41)60(42-51-9-4-10-52-42)34-22-28(6-12-48-34)38-54-30-24-46-26-32(62-2)36(30)40(56-38)58-19-15-44-16-20-58/h3-12,21-26,43-44H,13-20H2,1-2H3. The number of anilines is 6. The number of methoxy groups -OCH3 is 2. The predicted octanol–water partition coefficient (Wildman–Crippen LogP) is 3.79. The number of aromatic nitrogens is 12. The predicted molar refractivity (Wildman–Crippen MR) is 233 cm³/mol. The highest BCUT2D eigenvalue weighted by atomic mass is 16.5. The lowest BCUT2D eigenvalue weighted by molar-refractivity contribution is 0.417. The highest BCUT2D eigenvalue weighted by molar-refractivity contribution is 5.97. The Balaban J connectivity index is 1.12. The van der Waals surface area contributed by atoms with Gasteiger partial charge in [-0.3, -0.25) is 9.97 Å². The van der Waals surface area contributed by atoms with E-state index >= 15 is 0 Å². The molecule has 0 aliphatic carbocycles. The van der Waals surface area contributed by atoms with Gasteiger partial charge in [-0.15, -0.1) is 0 Å². The molecule has 2 aliphatic rings. The minimum atomic E-state index is 0.271. The Morgan fingerprint density at radius 1 is 0.516 bits per heavy atom. The molecule has 20 nitrogen and oxygen atoms in total. The van der Waals surface area contributed by atoms with Crippen LogP contribution < -0.4 is 39.9 Å². The van der Waals surface area contributed by atoms with E-state index in [9.17, 15) is 0 Å². The first-order chi connectivity index (χ1) is 30.7. The maximum Gasteiger partial charge on any atom is 0.251 e. The normalized spacial score (nSPS) is 14.2. The van der Waals surface area contributed by atoms with Gasteiger partial charge in [0, 0.05) is 101 Å². The molecule has 2 N–H and O–H groups in total. The molecule has 310 valence electrons. The third kappa shape index (κ3) is 7.36. The number of pyridine rings is 4. The molecule has 0 atom stereocenters. The topological polar surface area (TPSA) is 210 Å². The molecule has 10 rings (SSSR count). The summed E-state index contributed by atoms with van der Waals surface area (Å²) in [4.78, 5) is 62.2. The molecular weight excluding hydrogens is 789 g/mol. The molecule has 62 heavy (non-hydrogen) atoms. The Morgan fingerprint density at radius 2 is 0.935 bits per heavy atom. The highest BCUT2D eigenvalue weighted by Crippen LogP contribution is 2.38. The molecule has 20 heteroatoms. The Morgan fingerprint density at radius 3 is 1.34 bits per heavy atom. The Labute approximate surface area is 355 Å². The Hall–Kier alpha value is -7.84. The van der Waals surface area contributed by atoms with Gasteiger partial charge >= 0.3 is 0 Å². The largest absolute Gasteiger partial charge is 0.494 e. The first kappa shape index (κ1) is 38.4. The second kappa shape index (κ2) is 17.0. The molecule has 0 radical (unpaired) electrons. The number of hydrogen-bond donors (Lipinski definition) is 2. The number of fused-ring (bicyclic) bond motifs is 2. The van der Waals surface area contributed by atoms with Crippen LogP contribution in [-0.2, 0) is 0 Å². The van der Waals surface area contributed by atoms with Gasteiger partial charge in [-0.1, -0.05) is 0 Å². The van der Waals surface area contributed by atoms with E-state index in [2.05, 4.69) is 50.3 Å². The van der Waals surface area contributed by atoms with Gasteiger partial charge in [-0.25, -0.2) is 49.8 Å². The van der Waals surface area contributed by atoms with Gasteiger partial charge in [0.25, 0.3) is 11.9 Å². The van der Waals surface area contributed by atoms with Gasteiger partial charge in [0.15, 0.2) is 23.3 Å². The van der Waals surface area contributed by atoms with Crippen molar-refractivity contribution in [1.82, 2.24) is 70.4 Å². The summed E-state index contributed by atoms with van der Waals surface area (Å²) in [5.74, 6) is 5.03. The van der Waals surface area contributed by atoms with E-state index < -0.39 is 0 Å². The number of piperazine rings is 2. The number of hydrazine groups is 1. The van der Waals surface area contributed by atoms with E-state index in [1.54, 1.807) is 98.3 Å². The van der Waals surface area contributed by atoms with Crippen LogP contribution in [0.1, 0.15) is 0 Å². The van der Waals surface area contributed by atoms with Gasteiger partial charge in [0.2, 0.25) is 0 Å². The number of nitrogens with zero attached hydrogens (tertiary/aromatic N) is 16. The minimum absolute atomic E-state index is 0.271. The van der Waals surface area contributed by atoms with Crippen LogP contribution in [0.4, 0.5) is 35.2 Å². The van der Waals surface area contributed by atoms with Crippen LogP contribution in [0, 0.1) is 0 Å². The van der Waals surface area contributed by atoms with Crippen LogP contribution >= 0.6 is 0 Å². The molecule has 0 amide bonds. The van der Waals surface area contributed by atoms with Crippen LogP contribution in [0.5, 0.6) is 11.5 Å². The van der Waals surface area contributed by atoms with Crippen molar-refractivity contribution in [2.75, 3.05) is 86.4 Å². The third-order valence-corrected chi connectivity index (χ3v) is 10.5. The molecule has 10 heterocycles. The van der Waals surface area contributed by atoms with Gasteiger partial charge in [-0.2, -0.15) is 10.0 Å². The zero-order valence-corrected chi connectivity index (χ0v) is 33.9. The number of nitrogens with one attached hydrogen (secondary N) is 2. The monoisotopic (exact) mass is 828 g/mol. The molecule has 8 aromatic rings. The van der Waals surface area contributed by atoms with Crippen molar-refractivity contribution in [1.29, 1.82) is 0 Å². The van der Waals surface area contributed by atoms with Crippen molar-refractivity contribution in [2.24, 2.45) is 0 Å². The van der Waals surface area contributed by atoms with E-state index in [0.29, 0.717) is 56.9 Å². The SMILES string of the molecule is COc1cncc2nc(-c3ccnc(N(c4ncccn4)N(c4cc(-c5nc(N6CCNCC6)c6c(OC)cncc6n5)ccn4)c4ncccn4)c3)nc(N3CCNCC3)c12. The molecule has 2 saturated heterocycles. The second-order valence-electron chi connectivity index (χ2n) is 14.2. The van der Waals surface area contributed by atoms with Gasteiger partial charge in [0.05, 0.1) is 60.8 Å².